The van der Waals surface area contributed by atoms with Gasteiger partial charge in [-0.3, -0.25) is 4.79 Å². The van der Waals surface area contributed by atoms with Crippen LogP contribution < -0.4 is 5.32 Å². The molecular formula is C12H12F2INO3. The number of alkyl halides is 2. The molecule has 0 heterocycles. The minimum Gasteiger partial charge on any atom is -0.480 e. The van der Waals surface area contributed by atoms with Crippen LogP contribution in [0.2, 0.25) is 0 Å². The first-order valence-electron chi connectivity index (χ1n) is 5.40. The first-order chi connectivity index (χ1) is 8.82. The van der Waals surface area contributed by atoms with Crippen LogP contribution in [0, 0.1) is 10.5 Å². The second kappa shape index (κ2) is 6.78. The fourth-order valence-corrected chi connectivity index (χ4v) is 2.06. The van der Waals surface area contributed by atoms with Crippen molar-refractivity contribution in [3.63, 3.8) is 0 Å². The van der Waals surface area contributed by atoms with E-state index >= 15 is 0 Å². The van der Waals surface area contributed by atoms with Crippen molar-refractivity contribution >= 4 is 34.5 Å². The zero-order chi connectivity index (χ0) is 14.6. The summed E-state index contributed by atoms with van der Waals surface area (Å²) in [7, 11) is 0. The van der Waals surface area contributed by atoms with Gasteiger partial charge in [-0.15, -0.1) is 0 Å². The van der Waals surface area contributed by atoms with Gasteiger partial charge in [0, 0.05) is 9.99 Å². The average molecular weight is 383 g/mol. The highest BCUT2D eigenvalue weighted by Gasteiger charge is 2.25. The van der Waals surface area contributed by atoms with Crippen LogP contribution in [-0.2, 0) is 4.79 Å². The van der Waals surface area contributed by atoms with Crippen molar-refractivity contribution in [2.45, 2.75) is 25.8 Å². The molecule has 0 aliphatic heterocycles. The topological polar surface area (TPSA) is 66.4 Å². The minimum atomic E-state index is -2.79. The van der Waals surface area contributed by atoms with Gasteiger partial charge in [-0.2, -0.15) is 0 Å². The molecule has 4 nitrogen and oxygen atoms in total. The molecule has 1 unspecified atom stereocenters. The van der Waals surface area contributed by atoms with Gasteiger partial charge in [-0.1, -0.05) is 12.1 Å². The van der Waals surface area contributed by atoms with Crippen molar-refractivity contribution < 1.29 is 23.5 Å². The zero-order valence-electron chi connectivity index (χ0n) is 9.99. The van der Waals surface area contributed by atoms with E-state index in [1.807, 2.05) is 22.6 Å². The number of carboxylic acids is 1. The Balaban J connectivity index is 2.88. The van der Waals surface area contributed by atoms with Crippen molar-refractivity contribution in [3.8, 4) is 0 Å². The monoisotopic (exact) mass is 383 g/mol. The Morgan fingerprint density at radius 2 is 2.05 bits per heavy atom. The molecule has 0 bridgehead atoms. The lowest BCUT2D eigenvalue weighted by molar-refractivity contribution is -0.140. The predicted octanol–water partition coefficient (Wildman–Crippen LogP) is 2.44. The van der Waals surface area contributed by atoms with Gasteiger partial charge in [0.25, 0.3) is 5.91 Å². The molecule has 0 aromatic heterocycles. The Hall–Kier alpha value is -1.25. The number of benzene rings is 1. The second-order valence-electron chi connectivity index (χ2n) is 3.93. The molecule has 2 N–H and O–H groups in total. The predicted molar refractivity (Wildman–Crippen MR) is 73.4 cm³/mol. The second-order valence-corrected chi connectivity index (χ2v) is 5.01. The van der Waals surface area contributed by atoms with Gasteiger partial charge in [0.05, 0.1) is 5.56 Å². The number of halogens is 3. The Morgan fingerprint density at radius 3 is 2.58 bits per heavy atom. The average Bonchev–Trinajstić information content (AvgIpc) is 2.31. The van der Waals surface area contributed by atoms with Crippen molar-refractivity contribution in [2.75, 3.05) is 0 Å². The van der Waals surface area contributed by atoms with Gasteiger partial charge in [-0.05, 0) is 41.1 Å². The quantitative estimate of drug-likeness (QED) is 0.768. The number of rotatable bonds is 5. The highest BCUT2D eigenvalue weighted by Crippen LogP contribution is 2.17. The smallest absolute Gasteiger partial charge is 0.326 e. The molecule has 104 valence electrons. The van der Waals surface area contributed by atoms with E-state index in [4.69, 9.17) is 5.11 Å². The number of hydrogen-bond acceptors (Lipinski definition) is 2. The van der Waals surface area contributed by atoms with Crippen molar-refractivity contribution in [3.05, 3.63) is 32.9 Å². The Morgan fingerprint density at radius 1 is 1.42 bits per heavy atom. The zero-order valence-corrected chi connectivity index (χ0v) is 12.1. The number of amides is 1. The van der Waals surface area contributed by atoms with Crippen LogP contribution in [0.25, 0.3) is 0 Å². The van der Waals surface area contributed by atoms with Gasteiger partial charge in [-0.25, -0.2) is 13.6 Å². The van der Waals surface area contributed by atoms with Gasteiger partial charge in [0.15, 0.2) is 0 Å². The molecule has 1 atom stereocenters. The molecule has 1 aromatic rings. The lowest BCUT2D eigenvalue weighted by atomic mass is 10.1. The standard InChI is InChI=1S/C12H12F2INO3/c1-6-3-2-4-7(10(6)15)11(17)16-8(12(18)19)5-9(13)14/h2-4,8-9H,5H2,1H3,(H,16,17)(H,18,19). The van der Waals surface area contributed by atoms with Crippen molar-refractivity contribution in [2.24, 2.45) is 0 Å². The SMILES string of the molecule is Cc1cccc(C(=O)NC(CC(F)F)C(=O)O)c1I. The van der Waals surface area contributed by atoms with Gasteiger partial charge in [0.1, 0.15) is 6.04 Å². The summed E-state index contributed by atoms with van der Waals surface area (Å²) in [5.41, 5.74) is 1.13. The van der Waals surface area contributed by atoms with Gasteiger partial charge in [0.2, 0.25) is 6.43 Å². The summed E-state index contributed by atoms with van der Waals surface area (Å²) in [5.74, 6) is -2.14. The number of nitrogens with one attached hydrogen (secondary N) is 1. The lowest BCUT2D eigenvalue weighted by Crippen LogP contribution is -2.42. The summed E-state index contributed by atoms with van der Waals surface area (Å²) >= 11 is 1.95. The van der Waals surface area contributed by atoms with Crippen LogP contribution in [0.5, 0.6) is 0 Å². The third kappa shape index (κ3) is 4.41. The summed E-state index contributed by atoms with van der Waals surface area (Å²) in [6.07, 6.45) is -3.71. The molecule has 19 heavy (non-hydrogen) atoms. The minimum absolute atomic E-state index is 0.279. The summed E-state index contributed by atoms with van der Waals surface area (Å²) in [6, 6.07) is 3.37. The maximum atomic E-state index is 12.2. The highest BCUT2D eigenvalue weighted by atomic mass is 127. The molecule has 0 aliphatic carbocycles. The third-order valence-electron chi connectivity index (χ3n) is 2.45. The summed E-state index contributed by atoms with van der Waals surface area (Å²) in [5, 5.41) is 10.9. The third-order valence-corrected chi connectivity index (χ3v) is 3.89. The number of carboxylic acid groups (broad SMARTS) is 1. The van der Waals surface area contributed by atoms with Crippen LogP contribution in [0.3, 0.4) is 0 Å². The Bertz CT molecular complexity index is 494. The van der Waals surface area contributed by atoms with Crippen LogP contribution in [0.15, 0.2) is 18.2 Å². The van der Waals surface area contributed by atoms with Crippen LogP contribution in [0.4, 0.5) is 8.78 Å². The fraction of sp³-hybridized carbons (Fsp3) is 0.333. The van der Waals surface area contributed by atoms with Crippen LogP contribution >= 0.6 is 22.6 Å². The fourth-order valence-electron chi connectivity index (χ4n) is 1.46. The molecule has 0 saturated heterocycles. The molecule has 0 saturated carbocycles. The number of carbonyl (C=O) groups excluding carboxylic acids is 1. The van der Waals surface area contributed by atoms with E-state index < -0.39 is 30.8 Å². The van der Waals surface area contributed by atoms with Crippen LogP contribution in [0.1, 0.15) is 22.3 Å². The van der Waals surface area contributed by atoms with E-state index in [-0.39, 0.29) is 5.56 Å². The summed E-state index contributed by atoms with van der Waals surface area (Å²) in [6.45, 7) is 1.80. The lowest BCUT2D eigenvalue weighted by Gasteiger charge is -2.15. The van der Waals surface area contributed by atoms with E-state index in [1.165, 1.54) is 6.07 Å². The molecule has 7 heteroatoms. The van der Waals surface area contributed by atoms with E-state index in [0.29, 0.717) is 3.57 Å². The Labute approximate surface area is 122 Å². The molecule has 0 aliphatic rings. The Kier molecular flexibility index (Phi) is 5.64. The van der Waals surface area contributed by atoms with Crippen molar-refractivity contribution in [1.29, 1.82) is 0 Å². The van der Waals surface area contributed by atoms with E-state index in [9.17, 15) is 18.4 Å². The molecule has 1 rings (SSSR count). The molecule has 0 radical (unpaired) electrons. The summed E-state index contributed by atoms with van der Waals surface area (Å²) in [4.78, 5) is 22.7. The van der Waals surface area contributed by atoms with Crippen LogP contribution in [-0.4, -0.2) is 29.5 Å². The van der Waals surface area contributed by atoms with E-state index in [1.54, 1.807) is 19.1 Å². The number of carbonyl (C=O) groups is 2. The van der Waals surface area contributed by atoms with E-state index in [0.717, 1.165) is 5.56 Å². The largest absolute Gasteiger partial charge is 0.480 e. The first kappa shape index (κ1) is 15.8. The molecule has 0 spiro atoms. The number of hydrogen-bond donors (Lipinski definition) is 2. The molecule has 0 fully saturated rings. The highest BCUT2D eigenvalue weighted by molar-refractivity contribution is 14.1. The van der Waals surface area contributed by atoms with Gasteiger partial charge >= 0.3 is 5.97 Å². The van der Waals surface area contributed by atoms with Crippen molar-refractivity contribution in [1.82, 2.24) is 5.32 Å². The number of aryl methyl sites for hydroxylation is 1. The molecular weight excluding hydrogens is 371 g/mol. The normalized spacial score (nSPS) is 12.3. The number of aliphatic carboxylic acids is 1. The molecule has 1 aromatic carbocycles. The van der Waals surface area contributed by atoms with E-state index in [2.05, 4.69) is 5.32 Å². The maximum absolute atomic E-state index is 12.2. The first-order valence-corrected chi connectivity index (χ1v) is 6.47. The molecule has 1 amide bonds. The van der Waals surface area contributed by atoms with Gasteiger partial charge < -0.3 is 10.4 Å². The maximum Gasteiger partial charge on any atom is 0.326 e. The summed E-state index contributed by atoms with van der Waals surface area (Å²) < 4.78 is 25.1.